The highest BCUT2D eigenvalue weighted by atomic mass is 32.2. The van der Waals surface area contributed by atoms with Crippen molar-refractivity contribution >= 4 is 11.8 Å². The lowest BCUT2D eigenvalue weighted by Crippen LogP contribution is -2.29. The molecule has 1 heterocycles. The molecule has 8 heavy (non-hydrogen) atoms. The Morgan fingerprint density at radius 2 is 2.00 bits per heavy atom. The van der Waals surface area contributed by atoms with Crippen LogP contribution < -0.4 is 0 Å². The lowest BCUT2D eigenvalue weighted by Gasteiger charge is -2.22. The first kappa shape index (κ1) is 6.43. The van der Waals surface area contributed by atoms with Crippen LogP contribution in [0.3, 0.4) is 0 Å². The van der Waals surface area contributed by atoms with E-state index in [9.17, 15) is 0 Å². The Hall–Kier alpha value is 0.310. The smallest absolute Gasteiger partial charge is 0.0581 e. The average Bonchev–Trinajstić information content (AvgIpc) is 1.90. The first-order valence-corrected chi connectivity index (χ1v) is 4.09. The summed E-state index contributed by atoms with van der Waals surface area (Å²) in [5, 5.41) is 0. The van der Waals surface area contributed by atoms with Crippen LogP contribution in [0.2, 0.25) is 0 Å². The van der Waals surface area contributed by atoms with Gasteiger partial charge in [0.1, 0.15) is 0 Å². The molecule has 1 fully saturated rings. The second kappa shape index (κ2) is 3.36. The van der Waals surface area contributed by atoms with Gasteiger partial charge < -0.3 is 0 Å². The van der Waals surface area contributed by atoms with Gasteiger partial charge in [-0.3, -0.25) is 4.90 Å². The van der Waals surface area contributed by atoms with E-state index in [0.29, 0.717) is 0 Å². The van der Waals surface area contributed by atoms with Crippen molar-refractivity contribution < 1.29 is 0 Å². The Bertz CT molecular complexity index is 59.5. The SMILES string of the molecule is C[C]N1CCSCC1. The number of thioether (sulfide) groups is 1. The van der Waals surface area contributed by atoms with E-state index in [1.54, 1.807) is 0 Å². The van der Waals surface area contributed by atoms with Crippen LogP contribution in [-0.4, -0.2) is 29.5 Å². The van der Waals surface area contributed by atoms with Gasteiger partial charge in [0.25, 0.3) is 0 Å². The molecule has 0 bridgehead atoms. The molecule has 0 N–H and O–H groups in total. The van der Waals surface area contributed by atoms with Gasteiger partial charge in [0.2, 0.25) is 0 Å². The van der Waals surface area contributed by atoms with Crippen molar-refractivity contribution in [1.29, 1.82) is 0 Å². The van der Waals surface area contributed by atoms with Gasteiger partial charge >= 0.3 is 0 Å². The summed E-state index contributed by atoms with van der Waals surface area (Å²) >= 11 is 2.03. The van der Waals surface area contributed by atoms with Crippen molar-refractivity contribution in [3.8, 4) is 0 Å². The third kappa shape index (κ3) is 1.67. The number of rotatable bonds is 1. The summed E-state index contributed by atoms with van der Waals surface area (Å²) in [7, 11) is 0. The van der Waals surface area contributed by atoms with Crippen LogP contribution in [0.5, 0.6) is 0 Å². The molecule has 0 unspecified atom stereocenters. The second-order valence-corrected chi connectivity index (χ2v) is 3.05. The van der Waals surface area contributed by atoms with Crippen LogP contribution in [-0.2, 0) is 0 Å². The maximum atomic E-state index is 3.12. The van der Waals surface area contributed by atoms with Gasteiger partial charge in [0.05, 0.1) is 6.54 Å². The van der Waals surface area contributed by atoms with E-state index in [1.807, 2.05) is 18.7 Å². The zero-order chi connectivity index (χ0) is 5.82. The molecule has 46 valence electrons. The number of hydrogen-bond donors (Lipinski definition) is 0. The zero-order valence-electron chi connectivity index (χ0n) is 5.18. The second-order valence-electron chi connectivity index (χ2n) is 1.82. The normalized spacial score (nSPS) is 23.6. The predicted octanol–water partition coefficient (Wildman–Crippen LogP) is 1.09. The lowest BCUT2D eigenvalue weighted by molar-refractivity contribution is 0.374. The maximum Gasteiger partial charge on any atom is 0.0581 e. The molecule has 0 amide bonds. The van der Waals surface area contributed by atoms with Crippen LogP contribution in [0.1, 0.15) is 6.92 Å². The maximum absolute atomic E-state index is 3.12. The molecule has 2 radical (unpaired) electrons. The fraction of sp³-hybridized carbons (Fsp3) is 0.833. The van der Waals surface area contributed by atoms with E-state index in [1.165, 1.54) is 24.6 Å². The lowest BCUT2D eigenvalue weighted by atomic mass is 10.5. The van der Waals surface area contributed by atoms with E-state index >= 15 is 0 Å². The van der Waals surface area contributed by atoms with Crippen LogP contribution >= 0.6 is 11.8 Å². The van der Waals surface area contributed by atoms with Gasteiger partial charge in [-0.05, 0) is 6.92 Å². The Labute approximate surface area is 55.4 Å². The summed E-state index contributed by atoms with van der Waals surface area (Å²) in [5.41, 5.74) is 0. The molecule has 0 aromatic heterocycles. The molecule has 1 rings (SSSR count). The van der Waals surface area contributed by atoms with Crippen LogP contribution in [0.4, 0.5) is 0 Å². The highest BCUT2D eigenvalue weighted by molar-refractivity contribution is 7.99. The summed E-state index contributed by atoms with van der Waals surface area (Å²) in [6.07, 6.45) is 0. The van der Waals surface area contributed by atoms with Crippen molar-refractivity contribution in [2.24, 2.45) is 0 Å². The summed E-state index contributed by atoms with van der Waals surface area (Å²) in [5.74, 6) is 2.56. The molecule has 0 saturated carbocycles. The summed E-state index contributed by atoms with van der Waals surface area (Å²) in [4.78, 5) is 2.25. The molecule has 0 aromatic rings. The van der Waals surface area contributed by atoms with Crippen LogP contribution in [0.15, 0.2) is 0 Å². The van der Waals surface area contributed by atoms with E-state index in [-0.39, 0.29) is 0 Å². The van der Waals surface area contributed by atoms with E-state index in [2.05, 4.69) is 11.4 Å². The average molecular weight is 129 g/mol. The molecule has 1 aliphatic heterocycles. The first-order valence-electron chi connectivity index (χ1n) is 2.93. The van der Waals surface area contributed by atoms with Crippen molar-refractivity contribution in [2.45, 2.75) is 6.92 Å². The minimum absolute atomic E-state index is 1.20. The van der Waals surface area contributed by atoms with Crippen molar-refractivity contribution in [1.82, 2.24) is 4.90 Å². The summed E-state index contributed by atoms with van der Waals surface area (Å²) in [6.45, 7) is 7.50. The highest BCUT2D eigenvalue weighted by Gasteiger charge is 2.06. The van der Waals surface area contributed by atoms with Gasteiger partial charge in [-0.1, -0.05) is 0 Å². The molecular formula is C6H11NS. The van der Waals surface area contributed by atoms with Gasteiger partial charge in [0, 0.05) is 24.6 Å². The molecule has 0 aromatic carbocycles. The monoisotopic (exact) mass is 129 g/mol. The molecular weight excluding hydrogens is 118 g/mol. The predicted molar refractivity (Wildman–Crippen MR) is 37.8 cm³/mol. The topological polar surface area (TPSA) is 3.24 Å². The minimum atomic E-state index is 1.20. The standard InChI is InChI=1S/C6H11NS/c1-2-7-3-5-8-6-4-7/h3-6H2,1H3. The van der Waals surface area contributed by atoms with Gasteiger partial charge in [-0.2, -0.15) is 11.8 Å². The van der Waals surface area contributed by atoms with Gasteiger partial charge in [-0.15, -0.1) is 0 Å². The Morgan fingerprint density at radius 1 is 1.38 bits per heavy atom. The van der Waals surface area contributed by atoms with Crippen molar-refractivity contribution in [3.05, 3.63) is 6.54 Å². The molecule has 0 atom stereocenters. The third-order valence-corrected chi connectivity index (χ3v) is 2.27. The number of nitrogens with zero attached hydrogens (tertiary/aromatic N) is 1. The Kier molecular flexibility index (Phi) is 2.70. The zero-order valence-corrected chi connectivity index (χ0v) is 6.00. The molecule has 1 nitrogen and oxygen atoms in total. The summed E-state index contributed by atoms with van der Waals surface area (Å²) in [6, 6.07) is 0. The fourth-order valence-corrected chi connectivity index (χ4v) is 1.69. The van der Waals surface area contributed by atoms with E-state index in [0.717, 1.165) is 0 Å². The molecule has 0 aliphatic carbocycles. The highest BCUT2D eigenvalue weighted by Crippen LogP contribution is 2.09. The van der Waals surface area contributed by atoms with E-state index in [4.69, 9.17) is 0 Å². The Morgan fingerprint density at radius 3 is 2.38 bits per heavy atom. The largest absolute Gasteiger partial charge is 0.293 e. The third-order valence-electron chi connectivity index (χ3n) is 1.33. The summed E-state index contributed by atoms with van der Waals surface area (Å²) < 4.78 is 0. The van der Waals surface area contributed by atoms with Crippen LogP contribution in [0.25, 0.3) is 0 Å². The molecule has 2 heteroatoms. The van der Waals surface area contributed by atoms with Crippen LogP contribution in [0, 0.1) is 6.54 Å². The van der Waals surface area contributed by atoms with Gasteiger partial charge in [0.15, 0.2) is 0 Å². The van der Waals surface area contributed by atoms with Crippen molar-refractivity contribution in [3.63, 3.8) is 0 Å². The van der Waals surface area contributed by atoms with Gasteiger partial charge in [-0.25, -0.2) is 0 Å². The Balaban J connectivity index is 2.13. The molecule has 1 aliphatic rings. The van der Waals surface area contributed by atoms with E-state index < -0.39 is 0 Å². The van der Waals surface area contributed by atoms with Crippen molar-refractivity contribution in [2.75, 3.05) is 24.6 Å². The fourth-order valence-electron chi connectivity index (χ4n) is 0.787. The molecule has 1 saturated heterocycles. The first-order chi connectivity index (χ1) is 3.93. The minimum Gasteiger partial charge on any atom is -0.293 e. The molecule has 0 spiro atoms. The number of hydrogen-bond acceptors (Lipinski definition) is 2. The quantitative estimate of drug-likeness (QED) is 0.521.